The van der Waals surface area contributed by atoms with Gasteiger partial charge in [0.05, 0.1) is 41.5 Å². The van der Waals surface area contributed by atoms with Gasteiger partial charge in [0.1, 0.15) is 11.9 Å². The number of carbonyl (C=O) groups is 1. The van der Waals surface area contributed by atoms with E-state index in [-0.39, 0.29) is 29.5 Å². The normalized spacial score (nSPS) is 17.7. The number of amides is 1. The summed E-state index contributed by atoms with van der Waals surface area (Å²) in [6.07, 6.45) is 5.97. The first kappa shape index (κ1) is 25.8. The van der Waals surface area contributed by atoms with Crippen molar-refractivity contribution >= 4 is 16.8 Å². The van der Waals surface area contributed by atoms with E-state index in [4.69, 9.17) is 14.5 Å². The van der Waals surface area contributed by atoms with Crippen molar-refractivity contribution in [3.8, 4) is 22.9 Å². The molecule has 4 heterocycles. The molecular formula is C29H36N6O3. The molecule has 1 amide bonds. The number of pyridine rings is 1. The quantitative estimate of drug-likeness (QED) is 0.345. The Bertz CT molecular complexity index is 1450. The fourth-order valence-corrected chi connectivity index (χ4v) is 4.95. The number of benzene rings is 1. The van der Waals surface area contributed by atoms with Crippen molar-refractivity contribution in [1.82, 2.24) is 29.4 Å². The van der Waals surface area contributed by atoms with Crippen molar-refractivity contribution < 1.29 is 14.3 Å². The zero-order valence-electron chi connectivity index (χ0n) is 23.2. The summed E-state index contributed by atoms with van der Waals surface area (Å²) in [5, 5.41) is 9.99. The molecule has 1 aliphatic rings. The number of aromatic nitrogens is 5. The Hall–Kier alpha value is -3.88. The van der Waals surface area contributed by atoms with Crippen LogP contribution in [0.3, 0.4) is 0 Å². The van der Waals surface area contributed by atoms with Crippen molar-refractivity contribution in [3.63, 3.8) is 0 Å². The van der Waals surface area contributed by atoms with Gasteiger partial charge in [-0.2, -0.15) is 10.2 Å². The summed E-state index contributed by atoms with van der Waals surface area (Å²) in [6.45, 7) is 11.0. The molecule has 0 spiro atoms. The second-order valence-corrected chi connectivity index (χ2v) is 11.2. The van der Waals surface area contributed by atoms with E-state index in [9.17, 15) is 4.79 Å². The predicted octanol–water partition coefficient (Wildman–Crippen LogP) is 4.97. The van der Waals surface area contributed by atoms with E-state index < -0.39 is 0 Å². The molecule has 4 aromatic rings. The highest BCUT2D eigenvalue weighted by atomic mass is 16.5. The van der Waals surface area contributed by atoms with Crippen LogP contribution in [0.25, 0.3) is 22.2 Å². The third-order valence-corrected chi connectivity index (χ3v) is 7.36. The van der Waals surface area contributed by atoms with Crippen LogP contribution >= 0.6 is 0 Å². The van der Waals surface area contributed by atoms with Crippen molar-refractivity contribution in [2.75, 3.05) is 13.7 Å². The number of carbonyl (C=O) groups excluding carboxylic acids is 1. The molecule has 2 unspecified atom stereocenters. The molecule has 1 aromatic carbocycles. The first-order chi connectivity index (χ1) is 18.0. The van der Waals surface area contributed by atoms with Crippen LogP contribution in [0.4, 0.5) is 0 Å². The monoisotopic (exact) mass is 516 g/mol. The molecule has 3 atom stereocenters. The van der Waals surface area contributed by atoms with Gasteiger partial charge in [0, 0.05) is 43.9 Å². The molecule has 1 saturated heterocycles. The maximum Gasteiger partial charge on any atom is 0.225 e. The topological polar surface area (TPSA) is 87.3 Å². The molecule has 0 N–H and O–H groups in total. The molecule has 5 rings (SSSR count). The minimum atomic E-state index is -0.213. The largest absolute Gasteiger partial charge is 0.497 e. The zero-order chi connectivity index (χ0) is 27.2. The van der Waals surface area contributed by atoms with E-state index >= 15 is 0 Å². The number of hydrogen-bond donors (Lipinski definition) is 0. The number of aryl methyl sites for hydroxylation is 1. The van der Waals surface area contributed by atoms with Crippen LogP contribution in [0, 0.1) is 5.92 Å². The van der Waals surface area contributed by atoms with E-state index in [0.29, 0.717) is 18.8 Å². The highest BCUT2D eigenvalue weighted by molar-refractivity contribution is 5.86. The molecule has 0 aliphatic carbocycles. The Labute approximate surface area is 223 Å². The van der Waals surface area contributed by atoms with E-state index in [1.54, 1.807) is 11.8 Å². The fourth-order valence-electron chi connectivity index (χ4n) is 4.95. The smallest absolute Gasteiger partial charge is 0.225 e. The summed E-state index contributed by atoms with van der Waals surface area (Å²) >= 11 is 0. The molecule has 38 heavy (non-hydrogen) atoms. The van der Waals surface area contributed by atoms with Gasteiger partial charge in [-0.15, -0.1) is 0 Å². The van der Waals surface area contributed by atoms with E-state index in [1.165, 1.54) is 0 Å². The van der Waals surface area contributed by atoms with Crippen LogP contribution < -0.4 is 9.47 Å². The van der Waals surface area contributed by atoms with Crippen LogP contribution in [-0.2, 0) is 17.4 Å². The number of rotatable bonds is 7. The SMILES string of the molecule is COc1ccc(C(C)N2C[C@H](C(C)Oc3nc(-c4cnn(C(C)(C)C)c4)cc4nn(C)cc34)CC2=O)cc1. The van der Waals surface area contributed by atoms with Gasteiger partial charge in [-0.3, -0.25) is 14.2 Å². The van der Waals surface area contributed by atoms with Crippen LogP contribution in [0.2, 0.25) is 0 Å². The first-order valence-corrected chi connectivity index (χ1v) is 13.0. The third kappa shape index (κ3) is 4.97. The molecule has 1 fully saturated rings. The lowest BCUT2D eigenvalue weighted by atomic mass is 10.0. The van der Waals surface area contributed by atoms with Gasteiger partial charge in [-0.05, 0) is 58.4 Å². The highest BCUT2D eigenvalue weighted by Gasteiger charge is 2.37. The fraction of sp³-hybridized carbons (Fsp3) is 0.448. The average Bonchev–Trinajstić information content (AvgIpc) is 3.61. The van der Waals surface area contributed by atoms with Gasteiger partial charge in [0.2, 0.25) is 11.8 Å². The third-order valence-electron chi connectivity index (χ3n) is 7.36. The number of likely N-dealkylation sites (tertiary alicyclic amines) is 1. The van der Waals surface area contributed by atoms with E-state index in [2.05, 4.69) is 37.9 Å². The van der Waals surface area contributed by atoms with Gasteiger partial charge < -0.3 is 14.4 Å². The summed E-state index contributed by atoms with van der Waals surface area (Å²) < 4.78 is 15.5. The lowest BCUT2D eigenvalue weighted by Crippen LogP contribution is -2.31. The Balaban J connectivity index is 1.37. The second kappa shape index (κ2) is 9.78. The van der Waals surface area contributed by atoms with Gasteiger partial charge in [0.25, 0.3) is 0 Å². The summed E-state index contributed by atoms with van der Waals surface area (Å²) in [5.74, 6) is 1.51. The molecule has 9 heteroatoms. The van der Waals surface area contributed by atoms with Gasteiger partial charge >= 0.3 is 0 Å². The molecule has 1 aliphatic heterocycles. The standard InChI is InChI=1S/C29H36N6O3/c1-18(20-8-10-23(37-7)11-9-20)34-15-21(12-27(34)36)19(2)38-28-24-17-33(6)32-26(24)13-25(31-28)22-14-30-35(16-22)29(3,4)5/h8-11,13-14,16-19,21H,12,15H2,1-7H3/t18?,19?,21-/m1/s1. The first-order valence-electron chi connectivity index (χ1n) is 13.0. The Morgan fingerprint density at radius 1 is 1.11 bits per heavy atom. The molecule has 200 valence electrons. The van der Waals surface area contributed by atoms with Crippen molar-refractivity contribution in [2.45, 2.75) is 58.7 Å². The highest BCUT2D eigenvalue weighted by Crippen LogP contribution is 2.34. The molecule has 0 saturated carbocycles. The Morgan fingerprint density at radius 2 is 1.84 bits per heavy atom. The van der Waals surface area contributed by atoms with Crippen LogP contribution in [0.5, 0.6) is 11.6 Å². The number of hydrogen-bond acceptors (Lipinski definition) is 6. The van der Waals surface area contributed by atoms with E-state index in [0.717, 1.165) is 33.5 Å². The number of ether oxygens (including phenoxy) is 2. The molecule has 9 nitrogen and oxygen atoms in total. The maximum atomic E-state index is 13.0. The van der Waals surface area contributed by atoms with Gasteiger partial charge in [-0.1, -0.05) is 12.1 Å². The molecule has 0 radical (unpaired) electrons. The van der Waals surface area contributed by atoms with Crippen LogP contribution in [0.1, 0.15) is 52.6 Å². The van der Waals surface area contributed by atoms with E-state index in [1.807, 2.05) is 72.5 Å². The van der Waals surface area contributed by atoms with Crippen molar-refractivity contribution in [2.24, 2.45) is 13.0 Å². The van der Waals surface area contributed by atoms with Crippen LogP contribution in [-0.4, -0.2) is 55.1 Å². The zero-order valence-corrected chi connectivity index (χ0v) is 23.2. The van der Waals surface area contributed by atoms with Gasteiger partial charge in [-0.25, -0.2) is 4.98 Å². The summed E-state index contributed by atoms with van der Waals surface area (Å²) in [4.78, 5) is 19.9. The molecule has 3 aromatic heterocycles. The maximum absolute atomic E-state index is 13.0. The number of fused-ring (bicyclic) bond motifs is 1. The molecular weight excluding hydrogens is 480 g/mol. The van der Waals surface area contributed by atoms with Crippen molar-refractivity contribution in [3.05, 3.63) is 54.5 Å². The number of nitrogens with zero attached hydrogens (tertiary/aromatic N) is 6. The second-order valence-electron chi connectivity index (χ2n) is 11.2. The molecule has 0 bridgehead atoms. The van der Waals surface area contributed by atoms with Crippen LogP contribution in [0.15, 0.2) is 48.9 Å². The number of methoxy groups -OCH3 is 1. The lowest BCUT2D eigenvalue weighted by molar-refractivity contribution is -0.129. The minimum absolute atomic E-state index is 0.0311. The lowest BCUT2D eigenvalue weighted by Gasteiger charge is -2.26. The summed E-state index contributed by atoms with van der Waals surface area (Å²) in [5.41, 5.74) is 3.41. The minimum Gasteiger partial charge on any atom is -0.497 e. The Kier molecular flexibility index (Phi) is 6.63. The average molecular weight is 517 g/mol. The predicted molar refractivity (Wildman–Crippen MR) is 146 cm³/mol. The summed E-state index contributed by atoms with van der Waals surface area (Å²) in [7, 11) is 3.54. The Morgan fingerprint density at radius 3 is 2.50 bits per heavy atom. The van der Waals surface area contributed by atoms with Gasteiger partial charge in [0.15, 0.2) is 0 Å². The van der Waals surface area contributed by atoms with Crippen molar-refractivity contribution in [1.29, 1.82) is 0 Å². The summed E-state index contributed by atoms with van der Waals surface area (Å²) in [6, 6.07) is 9.82.